The summed E-state index contributed by atoms with van der Waals surface area (Å²) in [5, 5.41) is 8.24. The van der Waals surface area contributed by atoms with Gasteiger partial charge in [0.15, 0.2) is 0 Å². The van der Waals surface area contributed by atoms with Crippen molar-refractivity contribution in [1.82, 2.24) is 24.8 Å². The molecule has 0 saturated heterocycles. The van der Waals surface area contributed by atoms with Crippen LogP contribution in [-0.2, 0) is 21.4 Å². The third-order valence-electron chi connectivity index (χ3n) is 5.75. The van der Waals surface area contributed by atoms with Crippen LogP contribution in [0.3, 0.4) is 0 Å². The van der Waals surface area contributed by atoms with Crippen LogP contribution in [0.2, 0.25) is 0 Å². The Bertz CT molecular complexity index is 1230. The van der Waals surface area contributed by atoms with Gasteiger partial charge in [-0.1, -0.05) is 12.8 Å². The third-order valence-corrected chi connectivity index (χ3v) is 7.68. The fraction of sp³-hybridized carbons (Fsp3) is 0.556. The normalized spacial score (nSPS) is 22.9. The standard InChI is InChI=1S/C18H16F7N5O4S/c19-13(20)15-29-28-14(34-15)8-5-12-10(26-6-8)7-30(35(12,32)33)11-4-2-1-3-9(11)27-16(31)17(21,22)18(23,24)25/h5-6,9,11,13H,1-4,7H2,(H,27,31)/t9-,11-/m1/s1. The predicted molar refractivity (Wildman–Crippen MR) is 100 cm³/mol. The summed E-state index contributed by atoms with van der Waals surface area (Å²) in [7, 11) is -4.35. The monoisotopic (exact) mass is 531 g/mol. The number of rotatable bonds is 5. The van der Waals surface area contributed by atoms with Crippen molar-refractivity contribution in [2.24, 2.45) is 0 Å². The number of halogens is 7. The molecule has 0 radical (unpaired) electrons. The second-order valence-electron chi connectivity index (χ2n) is 7.97. The lowest BCUT2D eigenvalue weighted by Crippen LogP contribution is -2.59. The van der Waals surface area contributed by atoms with Crippen molar-refractivity contribution < 1.29 is 48.4 Å². The minimum atomic E-state index is -6.11. The Kier molecular flexibility index (Phi) is 6.27. The number of carbonyl (C=O) groups excluding carboxylic acids is 1. The first-order valence-corrected chi connectivity index (χ1v) is 11.6. The van der Waals surface area contributed by atoms with Crippen molar-refractivity contribution in [1.29, 1.82) is 0 Å². The first kappa shape index (κ1) is 25.3. The van der Waals surface area contributed by atoms with Crippen LogP contribution >= 0.6 is 0 Å². The Balaban J connectivity index is 1.60. The van der Waals surface area contributed by atoms with Crippen molar-refractivity contribution in [3.05, 3.63) is 23.8 Å². The van der Waals surface area contributed by atoms with Crippen LogP contribution in [0.15, 0.2) is 21.6 Å². The van der Waals surface area contributed by atoms with Gasteiger partial charge in [0, 0.05) is 18.3 Å². The van der Waals surface area contributed by atoms with Crippen LogP contribution in [0.1, 0.15) is 43.7 Å². The van der Waals surface area contributed by atoms with Crippen molar-refractivity contribution in [2.75, 3.05) is 0 Å². The van der Waals surface area contributed by atoms with Gasteiger partial charge in [-0.3, -0.25) is 9.78 Å². The van der Waals surface area contributed by atoms with Gasteiger partial charge in [-0.2, -0.15) is 35.0 Å². The van der Waals surface area contributed by atoms with Gasteiger partial charge < -0.3 is 9.73 Å². The summed E-state index contributed by atoms with van der Waals surface area (Å²) < 4.78 is 122. The maximum atomic E-state index is 13.5. The minimum Gasteiger partial charge on any atom is -0.415 e. The van der Waals surface area contributed by atoms with Gasteiger partial charge in [0.05, 0.1) is 17.8 Å². The molecule has 2 aliphatic rings. The molecule has 1 N–H and O–H groups in total. The maximum absolute atomic E-state index is 13.5. The van der Waals surface area contributed by atoms with Gasteiger partial charge in [-0.15, -0.1) is 10.2 Å². The fourth-order valence-corrected chi connectivity index (χ4v) is 5.88. The predicted octanol–water partition coefficient (Wildman–Crippen LogP) is 3.20. The number of hydrogen-bond acceptors (Lipinski definition) is 7. The lowest BCUT2D eigenvalue weighted by Gasteiger charge is -2.37. The zero-order valence-electron chi connectivity index (χ0n) is 17.4. The van der Waals surface area contributed by atoms with Crippen LogP contribution < -0.4 is 5.32 Å². The molecule has 192 valence electrons. The highest BCUT2D eigenvalue weighted by molar-refractivity contribution is 7.89. The molecule has 17 heteroatoms. The zero-order chi connectivity index (χ0) is 25.8. The molecule has 1 aliphatic heterocycles. The summed E-state index contributed by atoms with van der Waals surface area (Å²) >= 11 is 0. The van der Waals surface area contributed by atoms with Crippen molar-refractivity contribution in [2.45, 2.75) is 67.7 Å². The van der Waals surface area contributed by atoms with E-state index in [0.29, 0.717) is 12.8 Å². The first-order chi connectivity index (χ1) is 16.2. The van der Waals surface area contributed by atoms with E-state index in [-0.39, 0.29) is 35.5 Å². The molecule has 0 bridgehead atoms. The van der Waals surface area contributed by atoms with Crippen LogP contribution in [-0.4, -0.2) is 58.0 Å². The first-order valence-electron chi connectivity index (χ1n) is 10.1. The number of alkyl halides is 7. The Hall–Kier alpha value is -2.82. The number of sulfonamides is 1. The van der Waals surface area contributed by atoms with Crippen LogP contribution in [0, 0.1) is 0 Å². The molecule has 35 heavy (non-hydrogen) atoms. The molecule has 0 aromatic carbocycles. The highest BCUT2D eigenvalue weighted by Gasteiger charge is 2.64. The molecule has 0 unspecified atom stereocenters. The van der Waals surface area contributed by atoms with E-state index in [1.165, 1.54) is 0 Å². The topological polar surface area (TPSA) is 118 Å². The number of pyridine rings is 1. The van der Waals surface area contributed by atoms with E-state index in [1.54, 1.807) is 5.32 Å². The molecule has 3 heterocycles. The van der Waals surface area contributed by atoms with E-state index in [1.807, 2.05) is 0 Å². The quantitative estimate of drug-likeness (QED) is 0.589. The number of nitrogens with zero attached hydrogens (tertiary/aromatic N) is 4. The fourth-order valence-electron chi connectivity index (χ4n) is 4.04. The Morgan fingerprint density at radius 1 is 1.14 bits per heavy atom. The van der Waals surface area contributed by atoms with Gasteiger partial charge >= 0.3 is 24.4 Å². The molecule has 0 spiro atoms. The second kappa shape index (κ2) is 8.69. The molecular formula is C18H16F7N5O4S. The van der Waals surface area contributed by atoms with E-state index in [9.17, 15) is 43.9 Å². The molecule has 2 atom stereocenters. The molecular weight excluding hydrogens is 515 g/mol. The molecule has 2 aromatic heterocycles. The smallest absolute Gasteiger partial charge is 0.415 e. The SMILES string of the molecule is O=C(N[C@@H]1CCCC[C@H]1N1Cc2ncc(-c3nnc(C(F)F)o3)cc2S1(=O)=O)C(F)(F)C(F)(F)F. The summed E-state index contributed by atoms with van der Waals surface area (Å²) in [6.45, 7) is -0.337. The van der Waals surface area contributed by atoms with Crippen LogP contribution in [0.5, 0.6) is 0 Å². The summed E-state index contributed by atoms with van der Waals surface area (Å²) in [5.41, 5.74) is -0.0505. The zero-order valence-corrected chi connectivity index (χ0v) is 18.2. The van der Waals surface area contributed by atoms with Gasteiger partial charge in [0.25, 0.3) is 5.89 Å². The maximum Gasteiger partial charge on any atom is 0.463 e. The molecule has 4 rings (SSSR count). The number of carbonyl (C=O) groups is 1. The largest absolute Gasteiger partial charge is 0.463 e. The summed E-state index contributed by atoms with van der Waals surface area (Å²) in [4.78, 5) is 15.4. The van der Waals surface area contributed by atoms with E-state index in [4.69, 9.17) is 4.42 Å². The van der Waals surface area contributed by atoms with E-state index < -0.39 is 58.3 Å². The number of nitrogens with one attached hydrogen (secondary N) is 1. The highest BCUT2D eigenvalue weighted by Crippen LogP contribution is 2.39. The average molecular weight is 531 g/mol. The summed E-state index contributed by atoms with van der Waals surface area (Å²) in [5.74, 6) is -9.62. The van der Waals surface area contributed by atoms with Crippen molar-refractivity contribution >= 4 is 15.9 Å². The highest BCUT2D eigenvalue weighted by atomic mass is 32.2. The van der Waals surface area contributed by atoms with Gasteiger partial charge in [0.1, 0.15) is 4.90 Å². The number of amides is 1. The van der Waals surface area contributed by atoms with Gasteiger partial charge in [0.2, 0.25) is 15.9 Å². The Morgan fingerprint density at radius 2 is 1.83 bits per heavy atom. The van der Waals surface area contributed by atoms with Crippen LogP contribution in [0.4, 0.5) is 30.7 Å². The Labute approximate surface area is 192 Å². The van der Waals surface area contributed by atoms with Crippen molar-refractivity contribution in [3.63, 3.8) is 0 Å². The summed E-state index contributed by atoms with van der Waals surface area (Å²) in [6, 6.07) is -1.36. The average Bonchev–Trinajstić information content (AvgIpc) is 3.36. The number of aromatic nitrogens is 3. The molecule has 1 saturated carbocycles. The molecule has 9 nitrogen and oxygen atoms in total. The molecule has 2 aromatic rings. The number of hydrogen-bond donors (Lipinski definition) is 1. The summed E-state index contributed by atoms with van der Waals surface area (Å²) in [6.07, 6.45) is -7.19. The molecule has 1 fully saturated rings. The van der Waals surface area contributed by atoms with Crippen molar-refractivity contribution in [3.8, 4) is 11.5 Å². The van der Waals surface area contributed by atoms with E-state index in [2.05, 4.69) is 15.2 Å². The molecule has 1 amide bonds. The minimum absolute atomic E-state index is 0.0240. The van der Waals surface area contributed by atoms with Gasteiger partial charge in [-0.05, 0) is 18.9 Å². The third kappa shape index (κ3) is 4.46. The molecule has 1 aliphatic carbocycles. The van der Waals surface area contributed by atoms with E-state index >= 15 is 0 Å². The van der Waals surface area contributed by atoms with E-state index in [0.717, 1.165) is 16.6 Å². The lowest BCUT2D eigenvalue weighted by molar-refractivity contribution is -0.270. The van der Waals surface area contributed by atoms with Gasteiger partial charge in [-0.25, -0.2) is 8.42 Å². The number of fused-ring (bicyclic) bond motifs is 1. The Morgan fingerprint density at radius 3 is 2.46 bits per heavy atom. The lowest BCUT2D eigenvalue weighted by atomic mass is 9.90. The second-order valence-corrected chi connectivity index (χ2v) is 9.83. The van der Waals surface area contributed by atoms with Crippen LogP contribution in [0.25, 0.3) is 11.5 Å².